The Balaban J connectivity index is 1.82. The predicted octanol–water partition coefficient (Wildman–Crippen LogP) is 1.01. The summed E-state index contributed by atoms with van der Waals surface area (Å²) < 4.78 is 2.28. The molecule has 0 atom stereocenters. The van der Waals surface area contributed by atoms with Gasteiger partial charge in [-0.3, -0.25) is 23.5 Å². The van der Waals surface area contributed by atoms with E-state index in [-0.39, 0.29) is 27.8 Å². The Labute approximate surface area is 171 Å². The maximum atomic E-state index is 13.0. The van der Waals surface area contributed by atoms with Crippen LogP contribution in [0.4, 0.5) is 5.69 Å². The van der Waals surface area contributed by atoms with Crippen molar-refractivity contribution < 1.29 is 4.79 Å². The topological polar surface area (TPSA) is 119 Å². The first-order valence-corrected chi connectivity index (χ1v) is 9.97. The summed E-state index contributed by atoms with van der Waals surface area (Å²) in [6.07, 6.45) is 5.50. The van der Waals surface area contributed by atoms with Gasteiger partial charge in [-0.15, -0.1) is 0 Å². The molecule has 0 aliphatic heterocycles. The average molecular weight is 409 g/mol. The number of rotatable bonds is 3. The second-order valence-electron chi connectivity index (χ2n) is 7.59. The van der Waals surface area contributed by atoms with Gasteiger partial charge in [0.1, 0.15) is 11.3 Å². The number of fused-ring (bicyclic) bond motifs is 2. The predicted molar refractivity (Wildman–Crippen MR) is 113 cm³/mol. The third-order valence-corrected chi connectivity index (χ3v) is 5.76. The summed E-state index contributed by atoms with van der Waals surface area (Å²) >= 11 is 0. The average Bonchev–Trinajstić information content (AvgIpc) is 2.75. The fraction of sp³-hybridized carbons (Fsp3) is 0.381. The number of aromatic nitrogens is 4. The Morgan fingerprint density at radius 2 is 1.90 bits per heavy atom. The number of amides is 1. The maximum absolute atomic E-state index is 13.0. The summed E-state index contributed by atoms with van der Waals surface area (Å²) in [6, 6.07) is 1.73. The molecule has 0 fully saturated rings. The van der Waals surface area contributed by atoms with Crippen LogP contribution in [0.3, 0.4) is 0 Å². The molecule has 0 aromatic carbocycles. The fourth-order valence-electron chi connectivity index (χ4n) is 4.11. The molecule has 1 aliphatic carbocycles. The second kappa shape index (κ2) is 7.40. The van der Waals surface area contributed by atoms with Gasteiger partial charge >= 0.3 is 5.69 Å². The molecule has 3 aromatic heterocycles. The van der Waals surface area contributed by atoms with Gasteiger partial charge in [-0.1, -0.05) is 6.92 Å². The molecule has 0 radical (unpaired) electrons. The van der Waals surface area contributed by atoms with Crippen molar-refractivity contribution in [2.24, 2.45) is 14.1 Å². The van der Waals surface area contributed by atoms with Crippen LogP contribution in [0.15, 0.2) is 26.6 Å². The Kier molecular flexibility index (Phi) is 4.89. The minimum absolute atomic E-state index is 0.177. The van der Waals surface area contributed by atoms with Gasteiger partial charge in [-0.2, -0.15) is 0 Å². The molecule has 3 heterocycles. The SMILES string of the molecule is CCc1c(C(=O)Nc2cc3c([nH]c2=O)CCCC3)cnc2c1c(=O)n(C)c(=O)n2C. The minimum atomic E-state index is -0.515. The summed E-state index contributed by atoms with van der Waals surface area (Å²) in [7, 11) is 2.92. The smallest absolute Gasteiger partial charge is 0.324 e. The largest absolute Gasteiger partial charge is 0.332 e. The molecule has 0 saturated carbocycles. The maximum Gasteiger partial charge on any atom is 0.332 e. The normalized spacial score (nSPS) is 13.3. The highest BCUT2D eigenvalue weighted by atomic mass is 16.2. The van der Waals surface area contributed by atoms with Gasteiger partial charge in [-0.25, -0.2) is 9.78 Å². The van der Waals surface area contributed by atoms with E-state index in [2.05, 4.69) is 15.3 Å². The molecule has 30 heavy (non-hydrogen) atoms. The standard InChI is InChI=1S/C21H23N5O4/c1-4-12-13(10-22-17-16(12)20(29)26(3)21(30)25(17)2)18(27)24-15-9-11-7-5-6-8-14(11)23-19(15)28/h9-10H,4-8H2,1-3H3,(H,23,28)(H,24,27). The van der Waals surface area contributed by atoms with Crippen LogP contribution in [0, 0.1) is 0 Å². The number of aryl methyl sites for hydroxylation is 4. The van der Waals surface area contributed by atoms with E-state index in [1.54, 1.807) is 6.07 Å². The third-order valence-electron chi connectivity index (χ3n) is 5.76. The molecule has 2 N–H and O–H groups in total. The number of carbonyl (C=O) groups excluding carboxylic acids is 1. The molecular weight excluding hydrogens is 386 g/mol. The van der Waals surface area contributed by atoms with Crippen molar-refractivity contribution in [1.29, 1.82) is 0 Å². The van der Waals surface area contributed by atoms with Crippen molar-refractivity contribution in [2.45, 2.75) is 39.0 Å². The highest BCUT2D eigenvalue weighted by Gasteiger charge is 2.21. The zero-order chi connectivity index (χ0) is 21.6. The molecule has 9 heteroatoms. The van der Waals surface area contributed by atoms with Gasteiger partial charge in [0.05, 0.1) is 10.9 Å². The van der Waals surface area contributed by atoms with Gasteiger partial charge in [0.25, 0.3) is 17.0 Å². The van der Waals surface area contributed by atoms with E-state index >= 15 is 0 Å². The first-order chi connectivity index (χ1) is 14.3. The fourth-order valence-corrected chi connectivity index (χ4v) is 4.11. The molecule has 4 rings (SSSR count). The second-order valence-corrected chi connectivity index (χ2v) is 7.59. The molecule has 3 aromatic rings. The van der Waals surface area contributed by atoms with Crippen molar-refractivity contribution in [3.63, 3.8) is 0 Å². The van der Waals surface area contributed by atoms with Crippen LogP contribution in [-0.4, -0.2) is 25.0 Å². The summed E-state index contributed by atoms with van der Waals surface area (Å²) in [5.41, 5.74) is 1.72. The van der Waals surface area contributed by atoms with Gasteiger partial charge in [0.15, 0.2) is 0 Å². The van der Waals surface area contributed by atoms with Gasteiger partial charge in [-0.05, 0) is 49.3 Å². The highest BCUT2D eigenvalue weighted by Crippen LogP contribution is 2.22. The van der Waals surface area contributed by atoms with E-state index in [4.69, 9.17) is 0 Å². The Hall–Kier alpha value is -3.49. The first-order valence-electron chi connectivity index (χ1n) is 9.97. The van der Waals surface area contributed by atoms with E-state index in [0.29, 0.717) is 12.0 Å². The van der Waals surface area contributed by atoms with Crippen LogP contribution >= 0.6 is 0 Å². The van der Waals surface area contributed by atoms with Crippen LogP contribution in [0.2, 0.25) is 0 Å². The number of hydrogen-bond donors (Lipinski definition) is 2. The van der Waals surface area contributed by atoms with Gasteiger partial charge in [0, 0.05) is 26.0 Å². The van der Waals surface area contributed by atoms with Crippen LogP contribution < -0.4 is 22.1 Å². The Morgan fingerprint density at radius 1 is 1.17 bits per heavy atom. The molecule has 156 valence electrons. The minimum Gasteiger partial charge on any atom is -0.324 e. The molecule has 0 unspecified atom stereocenters. The number of nitrogens with one attached hydrogen (secondary N) is 2. The van der Waals surface area contributed by atoms with Crippen molar-refractivity contribution in [2.75, 3.05) is 5.32 Å². The molecule has 1 aliphatic rings. The lowest BCUT2D eigenvalue weighted by molar-refractivity contribution is 0.102. The number of aromatic amines is 1. The first kappa shape index (κ1) is 19.8. The lowest BCUT2D eigenvalue weighted by atomic mass is 9.96. The number of anilines is 1. The zero-order valence-corrected chi connectivity index (χ0v) is 17.2. The zero-order valence-electron chi connectivity index (χ0n) is 17.2. The summed E-state index contributed by atoms with van der Waals surface area (Å²) in [5, 5.41) is 2.91. The van der Waals surface area contributed by atoms with E-state index < -0.39 is 17.2 Å². The van der Waals surface area contributed by atoms with Crippen molar-refractivity contribution in [3.05, 3.63) is 65.8 Å². The van der Waals surface area contributed by atoms with E-state index in [1.807, 2.05) is 6.92 Å². The van der Waals surface area contributed by atoms with Gasteiger partial charge < -0.3 is 10.3 Å². The molecule has 0 spiro atoms. The van der Waals surface area contributed by atoms with Crippen LogP contribution in [0.5, 0.6) is 0 Å². The molecule has 1 amide bonds. The third kappa shape index (κ3) is 3.06. The Morgan fingerprint density at radius 3 is 2.63 bits per heavy atom. The van der Waals surface area contributed by atoms with Crippen molar-refractivity contribution >= 4 is 22.6 Å². The van der Waals surface area contributed by atoms with Gasteiger partial charge in [0.2, 0.25) is 0 Å². The van der Waals surface area contributed by atoms with E-state index in [9.17, 15) is 19.2 Å². The molecule has 9 nitrogen and oxygen atoms in total. The summed E-state index contributed by atoms with van der Waals surface area (Å²) in [5.74, 6) is -0.515. The highest BCUT2D eigenvalue weighted by molar-refractivity contribution is 6.07. The number of pyridine rings is 2. The number of carbonyl (C=O) groups is 1. The lowest BCUT2D eigenvalue weighted by Crippen LogP contribution is -2.38. The van der Waals surface area contributed by atoms with Crippen molar-refractivity contribution in [1.82, 2.24) is 19.1 Å². The van der Waals surface area contributed by atoms with Crippen LogP contribution in [0.1, 0.15) is 46.9 Å². The number of hydrogen-bond acceptors (Lipinski definition) is 5. The molecular formula is C21H23N5O4. The lowest BCUT2D eigenvalue weighted by Gasteiger charge is -2.17. The van der Waals surface area contributed by atoms with E-state index in [1.165, 1.54) is 24.9 Å². The quantitative estimate of drug-likeness (QED) is 0.669. The van der Waals surface area contributed by atoms with Crippen LogP contribution in [0.25, 0.3) is 11.0 Å². The van der Waals surface area contributed by atoms with E-state index in [0.717, 1.165) is 41.5 Å². The molecule has 0 saturated heterocycles. The number of nitrogens with zero attached hydrogens (tertiary/aromatic N) is 3. The van der Waals surface area contributed by atoms with Crippen LogP contribution in [-0.2, 0) is 33.4 Å². The monoisotopic (exact) mass is 409 g/mol. The molecule has 0 bridgehead atoms. The van der Waals surface area contributed by atoms with Crippen molar-refractivity contribution in [3.8, 4) is 0 Å². The summed E-state index contributed by atoms with van der Waals surface area (Å²) in [6.45, 7) is 1.82. The number of H-pyrrole nitrogens is 1. The Bertz CT molecular complexity index is 1360. The summed E-state index contributed by atoms with van der Waals surface area (Å²) in [4.78, 5) is 57.5.